The number of piperidine rings is 1. The first kappa shape index (κ1) is 15.4. The highest BCUT2D eigenvalue weighted by atomic mass is 15.6. The average Bonchev–Trinajstić information content (AvgIpc) is 3.32. The van der Waals surface area contributed by atoms with Gasteiger partial charge in [-0.15, -0.1) is 15.3 Å². The summed E-state index contributed by atoms with van der Waals surface area (Å²) in [6, 6.07) is 0.540. The summed E-state index contributed by atoms with van der Waals surface area (Å²) in [7, 11) is 0. The van der Waals surface area contributed by atoms with Gasteiger partial charge in [0.2, 0.25) is 0 Å². The summed E-state index contributed by atoms with van der Waals surface area (Å²) in [5.41, 5.74) is 0. The molecule has 0 spiro atoms. The number of hydrogen-bond donors (Lipinski definition) is 0. The van der Waals surface area contributed by atoms with Gasteiger partial charge in [0.05, 0.1) is 12.6 Å². The van der Waals surface area contributed by atoms with Gasteiger partial charge in [-0.2, -0.15) is 0 Å². The van der Waals surface area contributed by atoms with Crippen LogP contribution in [0.25, 0.3) is 0 Å². The van der Waals surface area contributed by atoms with Crippen LogP contribution >= 0.6 is 0 Å². The monoisotopic (exact) mass is 342 g/mol. The second kappa shape index (κ2) is 6.48. The molecule has 1 saturated carbocycles. The van der Waals surface area contributed by atoms with E-state index in [1.807, 2.05) is 4.68 Å². The SMILES string of the molecule is C1CCc2nnc(C3CCCN(Cc4nnnn4C4CC4)C3)n2CC1. The summed E-state index contributed by atoms with van der Waals surface area (Å²) in [5, 5.41) is 21.4. The molecule has 8 heteroatoms. The quantitative estimate of drug-likeness (QED) is 0.842. The van der Waals surface area contributed by atoms with Crippen molar-refractivity contribution in [2.24, 2.45) is 0 Å². The number of likely N-dealkylation sites (tertiary alicyclic amines) is 1. The van der Waals surface area contributed by atoms with Crippen molar-refractivity contribution in [3.05, 3.63) is 17.5 Å². The molecule has 4 heterocycles. The van der Waals surface area contributed by atoms with Crippen molar-refractivity contribution >= 4 is 0 Å². The summed E-state index contributed by atoms with van der Waals surface area (Å²) in [6.07, 6.45) is 9.74. The first-order valence-electron chi connectivity index (χ1n) is 9.79. The lowest BCUT2D eigenvalue weighted by molar-refractivity contribution is 0.187. The highest BCUT2D eigenvalue weighted by Crippen LogP contribution is 2.35. The molecule has 1 saturated heterocycles. The van der Waals surface area contributed by atoms with E-state index in [1.165, 1.54) is 56.6 Å². The third-order valence-corrected chi connectivity index (χ3v) is 5.83. The Hall–Kier alpha value is -1.83. The minimum atomic E-state index is 0.485. The molecular formula is C17H26N8. The summed E-state index contributed by atoms with van der Waals surface area (Å²) >= 11 is 0. The number of hydrogen-bond acceptors (Lipinski definition) is 6. The smallest absolute Gasteiger partial charge is 0.165 e. The van der Waals surface area contributed by atoms with E-state index >= 15 is 0 Å². The molecule has 0 amide bonds. The highest BCUT2D eigenvalue weighted by molar-refractivity contribution is 5.06. The standard InChI is InChI=1S/C17H26N8/c1-2-6-15-18-20-17(24(15)10-3-1)13-5-4-9-23(11-13)12-16-19-21-22-25(16)14-7-8-14/h13-14H,1-12H2. The fourth-order valence-electron chi connectivity index (χ4n) is 4.34. The molecule has 134 valence electrons. The Bertz CT molecular complexity index is 731. The van der Waals surface area contributed by atoms with Gasteiger partial charge in [-0.25, -0.2) is 4.68 Å². The van der Waals surface area contributed by atoms with Crippen molar-refractivity contribution in [3.63, 3.8) is 0 Å². The molecule has 1 aliphatic carbocycles. The fourth-order valence-corrected chi connectivity index (χ4v) is 4.34. The number of tetrazole rings is 1. The van der Waals surface area contributed by atoms with Gasteiger partial charge in [0.15, 0.2) is 5.82 Å². The molecule has 25 heavy (non-hydrogen) atoms. The minimum Gasteiger partial charge on any atom is -0.315 e. The Morgan fingerprint density at radius 3 is 2.80 bits per heavy atom. The Morgan fingerprint density at radius 2 is 1.88 bits per heavy atom. The Labute approximate surface area is 147 Å². The normalized spacial score (nSPS) is 24.9. The van der Waals surface area contributed by atoms with Gasteiger partial charge in [0.25, 0.3) is 0 Å². The maximum atomic E-state index is 4.59. The third kappa shape index (κ3) is 3.07. The summed E-state index contributed by atoms with van der Waals surface area (Å²) < 4.78 is 4.45. The zero-order chi connectivity index (χ0) is 16.6. The predicted molar refractivity (Wildman–Crippen MR) is 90.9 cm³/mol. The summed E-state index contributed by atoms with van der Waals surface area (Å²) in [5.74, 6) is 3.91. The van der Waals surface area contributed by atoms with Crippen molar-refractivity contribution in [2.45, 2.75) is 76.4 Å². The fraction of sp³-hybridized carbons (Fsp3) is 0.824. The van der Waals surface area contributed by atoms with Gasteiger partial charge < -0.3 is 4.57 Å². The molecule has 1 unspecified atom stereocenters. The molecule has 2 aliphatic heterocycles. The lowest BCUT2D eigenvalue weighted by Crippen LogP contribution is -2.35. The molecule has 3 aliphatic rings. The molecule has 2 aromatic rings. The molecule has 5 rings (SSSR count). The van der Waals surface area contributed by atoms with E-state index in [9.17, 15) is 0 Å². The third-order valence-electron chi connectivity index (χ3n) is 5.83. The lowest BCUT2D eigenvalue weighted by atomic mass is 9.97. The molecule has 0 bridgehead atoms. The molecule has 2 fully saturated rings. The van der Waals surface area contributed by atoms with Crippen molar-refractivity contribution < 1.29 is 0 Å². The van der Waals surface area contributed by atoms with E-state index in [2.05, 4.69) is 35.2 Å². The van der Waals surface area contributed by atoms with Crippen molar-refractivity contribution in [3.8, 4) is 0 Å². The van der Waals surface area contributed by atoms with Crippen LogP contribution in [0.1, 0.15) is 74.4 Å². The topological polar surface area (TPSA) is 77.6 Å². The first-order valence-corrected chi connectivity index (χ1v) is 9.79. The van der Waals surface area contributed by atoms with E-state index in [0.29, 0.717) is 12.0 Å². The number of nitrogens with zero attached hydrogens (tertiary/aromatic N) is 8. The van der Waals surface area contributed by atoms with Crippen LogP contribution in [0.3, 0.4) is 0 Å². The summed E-state index contributed by atoms with van der Waals surface area (Å²) in [4.78, 5) is 2.50. The Balaban J connectivity index is 1.31. The summed E-state index contributed by atoms with van der Waals surface area (Å²) in [6.45, 7) is 4.10. The van der Waals surface area contributed by atoms with E-state index in [1.54, 1.807) is 0 Å². The zero-order valence-corrected chi connectivity index (χ0v) is 14.7. The van der Waals surface area contributed by atoms with E-state index in [4.69, 9.17) is 0 Å². The van der Waals surface area contributed by atoms with Crippen LogP contribution in [0.4, 0.5) is 0 Å². The molecule has 8 nitrogen and oxygen atoms in total. The van der Waals surface area contributed by atoms with E-state index in [0.717, 1.165) is 38.4 Å². The molecule has 0 radical (unpaired) electrons. The average molecular weight is 342 g/mol. The Morgan fingerprint density at radius 1 is 0.920 bits per heavy atom. The number of aryl methyl sites for hydroxylation is 1. The molecule has 2 aromatic heterocycles. The Kier molecular flexibility index (Phi) is 4.00. The molecule has 0 aromatic carbocycles. The second-order valence-electron chi connectivity index (χ2n) is 7.78. The van der Waals surface area contributed by atoms with Crippen LogP contribution in [0.5, 0.6) is 0 Å². The van der Waals surface area contributed by atoms with Gasteiger partial charge in [0, 0.05) is 25.4 Å². The van der Waals surface area contributed by atoms with E-state index < -0.39 is 0 Å². The van der Waals surface area contributed by atoms with Gasteiger partial charge in [-0.05, 0) is 55.5 Å². The van der Waals surface area contributed by atoms with Crippen LogP contribution in [-0.4, -0.2) is 53.0 Å². The minimum absolute atomic E-state index is 0.485. The largest absolute Gasteiger partial charge is 0.315 e. The maximum absolute atomic E-state index is 4.59. The number of rotatable bonds is 4. The van der Waals surface area contributed by atoms with Crippen LogP contribution in [0.15, 0.2) is 0 Å². The zero-order valence-electron chi connectivity index (χ0n) is 14.7. The van der Waals surface area contributed by atoms with Crippen molar-refractivity contribution in [2.75, 3.05) is 13.1 Å². The van der Waals surface area contributed by atoms with Crippen LogP contribution in [-0.2, 0) is 19.5 Å². The van der Waals surface area contributed by atoms with Gasteiger partial charge >= 0.3 is 0 Å². The van der Waals surface area contributed by atoms with Gasteiger partial charge in [-0.3, -0.25) is 4.90 Å². The molecular weight excluding hydrogens is 316 g/mol. The molecule has 1 atom stereocenters. The highest BCUT2D eigenvalue weighted by Gasteiger charge is 2.31. The van der Waals surface area contributed by atoms with Crippen LogP contribution in [0, 0.1) is 0 Å². The van der Waals surface area contributed by atoms with Crippen LogP contribution < -0.4 is 0 Å². The maximum Gasteiger partial charge on any atom is 0.165 e. The van der Waals surface area contributed by atoms with Crippen LogP contribution in [0.2, 0.25) is 0 Å². The molecule has 0 N–H and O–H groups in total. The van der Waals surface area contributed by atoms with Gasteiger partial charge in [-0.1, -0.05) is 6.42 Å². The number of aromatic nitrogens is 7. The van der Waals surface area contributed by atoms with Crippen molar-refractivity contribution in [1.29, 1.82) is 0 Å². The first-order chi connectivity index (χ1) is 12.4. The van der Waals surface area contributed by atoms with Gasteiger partial charge in [0.1, 0.15) is 11.6 Å². The lowest BCUT2D eigenvalue weighted by Gasteiger charge is -2.32. The predicted octanol–water partition coefficient (Wildman–Crippen LogP) is 1.71. The van der Waals surface area contributed by atoms with E-state index in [-0.39, 0.29) is 0 Å². The second-order valence-corrected chi connectivity index (χ2v) is 7.78. The number of fused-ring (bicyclic) bond motifs is 1. The van der Waals surface area contributed by atoms with Crippen molar-refractivity contribution in [1.82, 2.24) is 39.9 Å².